The van der Waals surface area contributed by atoms with E-state index in [2.05, 4.69) is 30.3 Å². The van der Waals surface area contributed by atoms with E-state index < -0.39 is 0 Å². The zero-order valence-electron chi connectivity index (χ0n) is 10.9. The molecule has 2 heterocycles. The molecule has 0 N–H and O–H groups in total. The van der Waals surface area contributed by atoms with Gasteiger partial charge in [0.25, 0.3) is 0 Å². The minimum Gasteiger partial charge on any atom is -0.370 e. The molecule has 10 atom stereocenters. The van der Waals surface area contributed by atoms with Crippen LogP contribution in [0.5, 0.6) is 0 Å². The monoisotopic (exact) mass is 250 g/mol. The second kappa shape index (κ2) is 2.41. The van der Waals surface area contributed by atoms with Crippen LogP contribution in [0.15, 0.2) is 30.3 Å². The lowest BCUT2D eigenvalue weighted by Gasteiger charge is -2.46. The summed E-state index contributed by atoms with van der Waals surface area (Å²) in [6.45, 7) is 0. The fourth-order valence-electron chi connectivity index (χ4n) is 8.40. The molecule has 7 aliphatic rings. The second-order valence-corrected chi connectivity index (χ2v) is 8.12. The Labute approximate surface area is 113 Å². The van der Waals surface area contributed by atoms with Crippen molar-refractivity contribution in [3.8, 4) is 0 Å². The van der Waals surface area contributed by atoms with Gasteiger partial charge < -0.3 is 4.74 Å². The van der Waals surface area contributed by atoms with E-state index in [1.54, 1.807) is 6.42 Å². The van der Waals surface area contributed by atoms with Gasteiger partial charge in [-0.1, -0.05) is 30.3 Å². The molecule has 0 amide bonds. The summed E-state index contributed by atoms with van der Waals surface area (Å²) in [6.07, 6.45) is 3.48. The van der Waals surface area contributed by atoms with Crippen LogP contribution in [0.3, 0.4) is 0 Å². The summed E-state index contributed by atoms with van der Waals surface area (Å²) in [7, 11) is 0. The lowest BCUT2D eigenvalue weighted by Crippen LogP contribution is -2.49. The minimum absolute atomic E-state index is 0.290. The first kappa shape index (κ1) is 9.18. The average Bonchev–Trinajstić information content (AvgIpc) is 3.03. The van der Waals surface area contributed by atoms with E-state index in [1.165, 1.54) is 12.0 Å². The summed E-state index contributed by atoms with van der Waals surface area (Å²) in [4.78, 5) is 0. The largest absolute Gasteiger partial charge is 0.370 e. The predicted octanol–water partition coefficient (Wildman–Crippen LogP) is 2.75. The molecule has 5 aliphatic carbocycles. The highest BCUT2D eigenvalue weighted by molar-refractivity contribution is 5.40. The van der Waals surface area contributed by atoms with Gasteiger partial charge in [0.05, 0.1) is 11.7 Å². The average molecular weight is 250 g/mol. The highest BCUT2D eigenvalue weighted by Crippen LogP contribution is 2.90. The normalized spacial score (nSPS) is 67.5. The minimum atomic E-state index is 0.290. The van der Waals surface area contributed by atoms with Gasteiger partial charge in [-0.3, -0.25) is 0 Å². The van der Waals surface area contributed by atoms with Crippen LogP contribution < -0.4 is 0 Å². The molecule has 19 heavy (non-hydrogen) atoms. The van der Waals surface area contributed by atoms with Crippen molar-refractivity contribution in [3.05, 3.63) is 35.9 Å². The van der Waals surface area contributed by atoms with Gasteiger partial charge in [0.15, 0.2) is 0 Å². The molecule has 8 rings (SSSR count). The van der Waals surface area contributed by atoms with Crippen LogP contribution in [0, 0.1) is 47.3 Å². The zero-order valence-corrected chi connectivity index (χ0v) is 10.9. The van der Waals surface area contributed by atoms with Crippen molar-refractivity contribution in [2.75, 3.05) is 0 Å². The standard InChI is InChI=1S/C18H18O/c1-2-4-8(5-3-1)7-18-15-10-6-9-11-12(10)16(18)14(11)17(19-18)13(9)15/h1-5,9-17H,6-7H2/t9-,10?,11?,12?,13?,14?,15?,16?,17?,18?/m1/s1. The first-order valence-corrected chi connectivity index (χ1v) is 8.12. The molecule has 1 heteroatoms. The van der Waals surface area contributed by atoms with Crippen LogP contribution in [-0.4, -0.2) is 11.7 Å². The van der Waals surface area contributed by atoms with Crippen LogP contribution in [0.2, 0.25) is 0 Å². The first-order valence-electron chi connectivity index (χ1n) is 8.12. The van der Waals surface area contributed by atoms with Gasteiger partial charge in [-0.15, -0.1) is 0 Å². The summed E-state index contributed by atoms with van der Waals surface area (Å²) in [5.41, 5.74) is 1.80. The lowest BCUT2D eigenvalue weighted by atomic mass is 9.57. The lowest BCUT2D eigenvalue weighted by molar-refractivity contribution is -0.0301. The van der Waals surface area contributed by atoms with Crippen LogP contribution >= 0.6 is 0 Å². The number of hydrogen-bond acceptors (Lipinski definition) is 1. The zero-order chi connectivity index (χ0) is 11.9. The highest BCUT2D eigenvalue weighted by Gasteiger charge is 2.92. The second-order valence-electron chi connectivity index (χ2n) is 8.12. The van der Waals surface area contributed by atoms with Crippen molar-refractivity contribution in [3.63, 3.8) is 0 Å². The van der Waals surface area contributed by atoms with E-state index in [1.807, 2.05) is 0 Å². The van der Waals surface area contributed by atoms with E-state index in [-0.39, 0.29) is 0 Å². The summed E-state index contributed by atoms with van der Waals surface area (Å²) < 4.78 is 6.76. The Balaban J connectivity index is 1.42. The predicted molar refractivity (Wildman–Crippen MR) is 70.3 cm³/mol. The molecular weight excluding hydrogens is 232 g/mol. The van der Waals surface area contributed by atoms with Crippen LogP contribution in [-0.2, 0) is 11.2 Å². The first-order chi connectivity index (χ1) is 9.40. The molecule has 0 radical (unpaired) electrons. The summed E-state index contributed by atoms with van der Waals surface area (Å²) in [5.74, 6) is 8.25. The molecule has 7 fully saturated rings. The molecule has 0 spiro atoms. The van der Waals surface area contributed by atoms with Crippen molar-refractivity contribution >= 4 is 0 Å². The van der Waals surface area contributed by atoms with Crippen molar-refractivity contribution in [1.82, 2.24) is 0 Å². The maximum absolute atomic E-state index is 6.76. The van der Waals surface area contributed by atoms with Crippen LogP contribution in [0.1, 0.15) is 12.0 Å². The quantitative estimate of drug-likeness (QED) is 0.784. The van der Waals surface area contributed by atoms with Gasteiger partial charge in [-0.2, -0.15) is 0 Å². The van der Waals surface area contributed by atoms with Crippen LogP contribution in [0.25, 0.3) is 0 Å². The molecule has 1 aromatic carbocycles. The SMILES string of the molecule is c1ccc(CC23OC4C5C6C(C7C[C@H]6C4C72)C53)cc1. The fourth-order valence-corrected chi connectivity index (χ4v) is 8.40. The van der Waals surface area contributed by atoms with Crippen molar-refractivity contribution in [2.24, 2.45) is 47.3 Å². The van der Waals surface area contributed by atoms with Crippen molar-refractivity contribution in [2.45, 2.75) is 24.5 Å². The van der Waals surface area contributed by atoms with Gasteiger partial charge >= 0.3 is 0 Å². The Kier molecular flexibility index (Phi) is 1.17. The molecule has 0 aromatic heterocycles. The molecule has 5 saturated carbocycles. The van der Waals surface area contributed by atoms with Crippen molar-refractivity contribution < 1.29 is 4.74 Å². The van der Waals surface area contributed by atoms with E-state index in [4.69, 9.17) is 4.74 Å². The van der Waals surface area contributed by atoms with Gasteiger partial charge in [0.1, 0.15) is 0 Å². The third-order valence-corrected chi connectivity index (χ3v) is 8.19. The maximum atomic E-state index is 6.76. The Morgan fingerprint density at radius 1 is 0.947 bits per heavy atom. The van der Waals surface area contributed by atoms with Gasteiger partial charge in [0, 0.05) is 6.42 Å². The van der Waals surface area contributed by atoms with Gasteiger partial charge in [-0.05, 0) is 59.3 Å². The molecule has 2 aliphatic heterocycles. The maximum Gasteiger partial charge on any atom is 0.0795 e. The highest BCUT2D eigenvalue weighted by atomic mass is 16.5. The third kappa shape index (κ3) is 0.665. The van der Waals surface area contributed by atoms with Crippen molar-refractivity contribution in [1.29, 1.82) is 0 Å². The summed E-state index contributed by atoms with van der Waals surface area (Å²) >= 11 is 0. The number of benzene rings is 1. The number of ether oxygens (including phenoxy) is 1. The van der Waals surface area contributed by atoms with E-state index in [0.29, 0.717) is 11.7 Å². The molecule has 2 saturated heterocycles. The summed E-state index contributed by atoms with van der Waals surface area (Å²) in [5, 5.41) is 0. The van der Waals surface area contributed by atoms with Gasteiger partial charge in [0.2, 0.25) is 0 Å². The van der Waals surface area contributed by atoms with Gasteiger partial charge in [-0.25, -0.2) is 0 Å². The number of rotatable bonds is 2. The molecule has 96 valence electrons. The van der Waals surface area contributed by atoms with Crippen LogP contribution in [0.4, 0.5) is 0 Å². The smallest absolute Gasteiger partial charge is 0.0795 e. The third-order valence-electron chi connectivity index (χ3n) is 8.19. The van der Waals surface area contributed by atoms with E-state index in [9.17, 15) is 0 Å². The molecule has 1 nitrogen and oxygen atoms in total. The molecule has 4 bridgehead atoms. The number of hydrogen-bond donors (Lipinski definition) is 0. The van der Waals surface area contributed by atoms with E-state index in [0.717, 1.165) is 47.3 Å². The summed E-state index contributed by atoms with van der Waals surface area (Å²) in [6, 6.07) is 11.1. The molecule has 9 unspecified atom stereocenters. The Morgan fingerprint density at radius 2 is 1.84 bits per heavy atom. The Bertz CT molecular complexity index is 599. The fraction of sp³-hybridized carbons (Fsp3) is 0.667. The molecule has 1 aromatic rings. The molecular formula is C18H18O. The Hall–Kier alpha value is -0.820. The van der Waals surface area contributed by atoms with E-state index >= 15 is 0 Å². The Morgan fingerprint density at radius 3 is 2.74 bits per heavy atom. The topological polar surface area (TPSA) is 9.23 Å².